The lowest BCUT2D eigenvalue weighted by atomic mass is 9.81. The number of hydrogen-bond donors (Lipinski definition) is 0. The largest absolute Gasteiger partial charge is 0.436 e. The normalized spacial score (nSPS) is 12.8. The van der Waals surface area contributed by atoms with Crippen molar-refractivity contribution in [3.8, 4) is 44.8 Å². The Kier molecular flexibility index (Phi) is 7.89. The Morgan fingerprint density at radius 1 is 0.382 bits per heavy atom. The summed E-state index contributed by atoms with van der Waals surface area (Å²) < 4.78 is 6.55. The number of rotatable bonds is 4. The fourth-order valence-electron chi connectivity index (χ4n) is 8.32. The van der Waals surface area contributed by atoms with Gasteiger partial charge in [0.25, 0.3) is 0 Å². The van der Waals surface area contributed by atoms with Crippen molar-refractivity contribution in [3.05, 3.63) is 150 Å². The molecule has 55 heavy (non-hydrogen) atoms. The van der Waals surface area contributed by atoms with E-state index in [1.165, 1.54) is 77.0 Å². The Balaban J connectivity index is 1.40. The van der Waals surface area contributed by atoms with E-state index in [1.54, 1.807) is 0 Å². The van der Waals surface area contributed by atoms with Gasteiger partial charge in [-0.1, -0.05) is 172 Å². The monoisotopic (exact) mass is 715 g/mol. The van der Waals surface area contributed by atoms with Gasteiger partial charge < -0.3 is 4.42 Å². The molecule has 0 aliphatic carbocycles. The minimum Gasteiger partial charge on any atom is -0.436 e. The van der Waals surface area contributed by atoms with Crippen LogP contribution < -0.4 is 0 Å². The highest BCUT2D eigenvalue weighted by Gasteiger charge is 2.24. The fraction of sp³-hybridized carbons (Fsp3) is 0.226. The summed E-state index contributed by atoms with van der Waals surface area (Å²) in [6.07, 6.45) is 0. The molecule has 1 aromatic heterocycles. The lowest BCUT2D eigenvalue weighted by molar-refractivity contribution is 0.590. The summed E-state index contributed by atoms with van der Waals surface area (Å²) >= 11 is 0. The molecule has 2 heteroatoms. The minimum atomic E-state index is 0.0630. The van der Waals surface area contributed by atoms with Gasteiger partial charge in [-0.05, 0) is 123 Å². The van der Waals surface area contributed by atoms with Crippen molar-refractivity contribution in [1.82, 2.24) is 4.98 Å². The zero-order chi connectivity index (χ0) is 38.4. The topological polar surface area (TPSA) is 26.0 Å². The van der Waals surface area contributed by atoms with Crippen molar-refractivity contribution in [1.29, 1.82) is 0 Å². The Morgan fingerprint density at radius 3 is 1.09 bits per heavy atom. The Bertz CT molecular complexity index is 2760. The van der Waals surface area contributed by atoms with Gasteiger partial charge in [-0.2, -0.15) is 0 Å². The van der Waals surface area contributed by atoms with E-state index < -0.39 is 0 Å². The van der Waals surface area contributed by atoms with Gasteiger partial charge in [0.05, 0.1) is 0 Å². The van der Waals surface area contributed by atoms with Crippen molar-refractivity contribution in [2.24, 2.45) is 0 Å². The molecule has 2 nitrogen and oxygen atoms in total. The molecule has 9 rings (SSSR count). The molecule has 0 aliphatic heterocycles. The standard InChI is InChI=1S/C53H49NO/c1-51(2,3)35-20-14-32(15-21-35)42-30-43(33-16-22-36(23-17-33)52(4,5)6)39-28-29-41-45(50-54-46-12-10-11-13-47(46)55-50)31-44(40-27-26-38(42)48(39)49(40)41)34-18-24-37(25-19-34)53(7,8)9/h10-31H,1-9H3. The molecule has 0 saturated carbocycles. The molecule has 0 aliphatic rings. The second-order valence-electron chi connectivity index (χ2n) is 18.5. The number of benzene rings is 8. The maximum Gasteiger partial charge on any atom is 0.227 e. The fourth-order valence-corrected chi connectivity index (χ4v) is 8.32. The van der Waals surface area contributed by atoms with E-state index in [4.69, 9.17) is 9.40 Å². The molecule has 0 spiro atoms. The smallest absolute Gasteiger partial charge is 0.227 e. The van der Waals surface area contributed by atoms with Crippen LogP contribution in [0.3, 0.4) is 0 Å². The van der Waals surface area contributed by atoms with E-state index in [9.17, 15) is 0 Å². The summed E-state index contributed by atoms with van der Waals surface area (Å²) in [5, 5.41) is 7.37. The quantitative estimate of drug-likeness (QED) is 0.170. The van der Waals surface area contributed by atoms with E-state index >= 15 is 0 Å². The molecule has 0 radical (unpaired) electrons. The summed E-state index contributed by atoms with van der Waals surface area (Å²) in [4.78, 5) is 5.07. The molecule has 0 N–H and O–H groups in total. The number of fused-ring (bicyclic) bond motifs is 1. The number of hydrogen-bond acceptors (Lipinski definition) is 2. The predicted molar refractivity (Wildman–Crippen MR) is 236 cm³/mol. The van der Waals surface area contributed by atoms with E-state index in [-0.39, 0.29) is 16.2 Å². The summed E-state index contributed by atoms with van der Waals surface area (Å²) in [6.45, 7) is 20.5. The summed E-state index contributed by atoms with van der Waals surface area (Å²) in [5.41, 5.74) is 14.1. The van der Waals surface area contributed by atoms with Crippen molar-refractivity contribution < 1.29 is 4.42 Å². The third-order valence-electron chi connectivity index (χ3n) is 11.6. The second kappa shape index (κ2) is 12.4. The maximum absolute atomic E-state index is 6.55. The van der Waals surface area contributed by atoms with E-state index in [1.807, 2.05) is 24.3 Å². The highest BCUT2D eigenvalue weighted by Crippen LogP contribution is 2.49. The van der Waals surface area contributed by atoms with Crippen molar-refractivity contribution in [3.63, 3.8) is 0 Å². The van der Waals surface area contributed by atoms with Gasteiger partial charge in [0.2, 0.25) is 5.89 Å². The van der Waals surface area contributed by atoms with E-state index in [0.29, 0.717) is 5.89 Å². The van der Waals surface area contributed by atoms with Crippen LogP contribution in [-0.2, 0) is 16.2 Å². The number of aromatic nitrogens is 1. The van der Waals surface area contributed by atoms with Crippen LogP contribution >= 0.6 is 0 Å². The van der Waals surface area contributed by atoms with Gasteiger partial charge >= 0.3 is 0 Å². The second-order valence-corrected chi connectivity index (χ2v) is 18.5. The van der Waals surface area contributed by atoms with Gasteiger partial charge in [-0.3, -0.25) is 0 Å². The SMILES string of the molecule is CC(C)(C)c1ccc(-c2cc(-c3ccc(C(C)(C)C)cc3)c3ccc4c(-c5nc6ccccc6o5)cc(-c5ccc(C(C)(C)C)cc5)c5ccc2c3c54)cc1. The average molecular weight is 716 g/mol. The zero-order valence-electron chi connectivity index (χ0n) is 33.6. The zero-order valence-corrected chi connectivity index (χ0v) is 33.6. The van der Waals surface area contributed by atoms with E-state index in [0.717, 1.165) is 22.0 Å². The van der Waals surface area contributed by atoms with Gasteiger partial charge in [0.1, 0.15) is 5.52 Å². The van der Waals surface area contributed by atoms with Crippen LogP contribution in [0.25, 0.3) is 88.3 Å². The van der Waals surface area contributed by atoms with Gasteiger partial charge in [-0.25, -0.2) is 4.98 Å². The predicted octanol–water partition coefficient (Wildman–Crippen LogP) is 15.3. The molecular weight excluding hydrogens is 667 g/mol. The van der Waals surface area contributed by atoms with Crippen molar-refractivity contribution in [2.75, 3.05) is 0 Å². The lowest BCUT2D eigenvalue weighted by Crippen LogP contribution is -2.10. The van der Waals surface area contributed by atoms with Gasteiger partial charge in [-0.15, -0.1) is 0 Å². The van der Waals surface area contributed by atoms with Gasteiger partial charge in [0, 0.05) is 5.56 Å². The first-order chi connectivity index (χ1) is 26.1. The molecule has 1 heterocycles. The minimum absolute atomic E-state index is 0.0630. The van der Waals surface area contributed by atoms with Crippen LogP contribution in [0.15, 0.2) is 138 Å². The molecular formula is C53H49NO. The maximum atomic E-state index is 6.55. The molecule has 0 amide bonds. The molecule has 8 aromatic carbocycles. The molecule has 0 bridgehead atoms. The first kappa shape index (κ1) is 35.0. The molecule has 272 valence electrons. The Hall–Kier alpha value is -5.73. The number of nitrogens with zero attached hydrogens (tertiary/aromatic N) is 1. The van der Waals surface area contributed by atoms with Crippen LogP contribution in [0, 0.1) is 0 Å². The first-order valence-electron chi connectivity index (χ1n) is 19.6. The summed E-state index contributed by atoms with van der Waals surface area (Å²) in [5.74, 6) is 0.641. The molecule has 0 atom stereocenters. The van der Waals surface area contributed by atoms with Crippen molar-refractivity contribution in [2.45, 2.75) is 78.6 Å². The van der Waals surface area contributed by atoms with Crippen LogP contribution in [0.4, 0.5) is 0 Å². The molecule has 0 unspecified atom stereocenters. The number of oxazole rings is 1. The van der Waals surface area contributed by atoms with Gasteiger partial charge in [0.15, 0.2) is 5.58 Å². The van der Waals surface area contributed by atoms with Crippen molar-refractivity contribution >= 4 is 43.4 Å². The average Bonchev–Trinajstić information content (AvgIpc) is 3.60. The highest BCUT2D eigenvalue weighted by molar-refractivity contribution is 6.31. The van der Waals surface area contributed by atoms with Crippen LogP contribution in [0.2, 0.25) is 0 Å². The van der Waals surface area contributed by atoms with Crippen LogP contribution in [0.5, 0.6) is 0 Å². The van der Waals surface area contributed by atoms with Crippen LogP contribution in [-0.4, -0.2) is 4.98 Å². The Morgan fingerprint density at radius 2 is 0.727 bits per heavy atom. The molecule has 0 saturated heterocycles. The lowest BCUT2D eigenvalue weighted by Gasteiger charge is -2.23. The molecule has 9 aromatic rings. The summed E-state index contributed by atoms with van der Waals surface area (Å²) in [7, 11) is 0. The first-order valence-corrected chi connectivity index (χ1v) is 19.6. The highest BCUT2D eigenvalue weighted by atomic mass is 16.3. The third-order valence-corrected chi connectivity index (χ3v) is 11.6. The van der Waals surface area contributed by atoms with E-state index in [2.05, 4.69) is 172 Å². The number of para-hydroxylation sites is 2. The Labute approximate surface area is 325 Å². The molecule has 0 fully saturated rings. The summed E-state index contributed by atoms with van der Waals surface area (Å²) in [6, 6.07) is 49.7. The third kappa shape index (κ3) is 6.00. The van der Waals surface area contributed by atoms with Crippen LogP contribution in [0.1, 0.15) is 79.0 Å².